The Hall–Kier alpha value is -0.720. The van der Waals surface area contributed by atoms with Crippen LogP contribution < -0.4 is 10.1 Å². The average molecular weight is 300 g/mol. The van der Waals surface area contributed by atoms with Gasteiger partial charge in [0.2, 0.25) is 0 Å². The molecule has 0 atom stereocenters. The Morgan fingerprint density at radius 3 is 2.50 bits per heavy atom. The topological polar surface area (TPSA) is 50.3 Å². The van der Waals surface area contributed by atoms with Crippen LogP contribution in [0.2, 0.25) is 0 Å². The minimum absolute atomic E-state index is 0.529. The van der Waals surface area contributed by atoms with Gasteiger partial charge in [-0.1, -0.05) is 18.3 Å². The van der Waals surface area contributed by atoms with E-state index in [0.29, 0.717) is 23.9 Å². The van der Waals surface area contributed by atoms with Crippen LogP contribution >= 0.6 is 11.3 Å². The lowest BCUT2D eigenvalue weighted by atomic mass is 10.2. The first-order chi connectivity index (χ1) is 9.54. The van der Waals surface area contributed by atoms with E-state index in [9.17, 15) is 0 Å². The summed E-state index contributed by atoms with van der Waals surface area (Å²) in [5, 5.41) is 13.2. The predicted octanol–water partition coefficient (Wildman–Crippen LogP) is 2.54. The van der Waals surface area contributed by atoms with Crippen molar-refractivity contribution < 1.29 is 4.74 Å². The van der Waals surface area contributed by atoms with Crippen molar-refractivity contribution in [2.24, 2.45) is 0 Å². The maximum atomic E-state index is 5.70. The molecule has 0 aliphatic rings. The van der Waals surface area contributed by atoms with E-state index in [2.05, 4.69) is 55.0 Å². The molecule has 1 rings (SSSR count). The molecule has 0 unspecified atom stereocenters. The highest BCUT2D eigenvalue weighted by atomic mass is 32.1. The molecular formula is C14H28N4OS. The van der Waals surface area contributed by atoms with Gasteiger partial charge < -0.3 is 10.1 Å². The minimum atomic E-state index is 0.529. The van der Waals surface area contributed by atoms with Gasteiger partial charge in [0.15, 0.2) is 0 Å². The van der Waals surface area contributed by atoms with Crippen LogP contribution in [0.4, 0.5) is 0 Å². The van der Waals surface area contributed by atoms with Crippen molar-refractivity contribution >= 4 is 11.3 Å². The van der Waals surface area contributed by atoms with Crippen LogP contribution in [0.5, 0.6) is 5.19 Å². The molecule has 116 valence electrons. The molecule has 1 aromatic rings. The Balaban J connectivity index is 2.31. The molecule has 0 aromatic carbocycles. The lowest BCUT2D eigenvalue weighted by Gasteiger charge is -2.29. The largest absolute Gasteiger partial charge is 0.468 e. The first kappa shape index (κ1) is 17.3. The second kappa shape index (κ2) is 9.26. The summed E-state index contributed by atoms with van der Waals surface area (Å²) in [6.45, 7) is 14.4. The maximum absolute atomic E-state index is 5.70. The van der Waals surface area contributed by atoms with Crippen LogP contribution in [-0.4, -0.2) is 46.9 Å². The number of aromatic nitrogens is 2. The van der Waals surface area contributed by atoms with Crippen molar-refractivity contribution in [3.63, 3.8) is 0 Å². The van der Waals surface area contributed by atoms with Crippen molar-refractivity contribution in [1.29, 1.82) is 0 Å². The molecular weight excluding hydrogens is 272 g/mol. The zero-order chi connectivity index (χ0) is 15.0. The molecule has 5 nitrogen and oxygen atoms in total. The lowest BCUT2D eigenvalue weighted by Crippen LogP contribution is -2.39. The Labute approximate surface area is 126 Å². The standard InChI is InChI=1S/C14H28N4OS/c1-6-7-15-10-13-16-17-14(20-13)19-9-8-18(11(2)3)12(4)5/h11-12,15H,6-10H2,1-5H3. The van der Waals surface area contributed by atoms with Gasteiger partial charge in [-0.25, -0.2) is 0 Å². The van der Waals surface area contributed by atoms with Crippen LogP contribution in [-0.2, 0) is 6.54 Å². The van der Waals surface area contributed by atoms with Crippen LogP contribution in [0.1, 0.15) is 46.0 Å². The van der Waals surface area contributed by atoms with E-state index in [4.69, 9.17) is 4.74 Å². The Kier molecular flexibility index (Phi) is 8.02. The molecule has 6 heteroatoms. The van der Waals surface area contributed by atoms with Crippen LogP contribution in [0.15, 0.2) is 0 Å². The smallest absolute Gasteiger partial charge is 0.294 e. The van der Waals surface area contributed by atoms with Gasteiger partial charge in [-0.15, -0.1) is 10.2 Å². The van der Waals surface area contributed by atoms with Gasteiger partial charge >= 0.3 is 0 Å². The zero-order valence-electron chi connectivity index (χ0n) is 13.3. The first-order valence-corrected chi connectivity index (χ1v) is 8.27. The molecule has 0 radical (unpaired) electrons. The van der Waals surface area contributed by atoms with Crippen molar-refractivity contribution in [2.75, 3.05) is 19.7 Å². The Morgan fingerprint density at radius 2 is 1.90 bits per heavy atom. The van der Waals surface area contributed by atoms with Gasteiger partial charge in [-0.05, 0) is 40.7 Å². The molecule has 0 saturated heterocycles. The Bertz CT molecular complexity index is 360. The highest BCUT2D eigenvalue weighted by molar-refractivity contribution is 7.13. The molecule has 1 heterocycles. The third-order valence-corrected chi connectivity index (χ3v) is 3.89. The summed E-state index contributed by atoms with van der Waals surface area (Å²) in [4.78, 5) is 2.41. The number of hydrogen-bond donors (Lipinski definition) is 1. The van der Waals surface area contributed by atoms with E-state index in [1.54, 1.807) is 0 Å². The van der Waals surface area contributed by atoms with E-state index < -0.39 is 0 Å². The molecule has 0 bridgehead atoms. The quantitative estimate of drug-likeness (QED) is 0.673. The second-order valence-electron chi connectivity index (χ2n) is 5.41. The number of rotatable bonds is 10. The third kappa shape index (κ3) is 6.15. The molecule has 0 saturated carbocycles. The molecule has 0 fully saturated rings. The van der Waals surface area contributed by atoms with E-state index >= 15 is 0 Å². The number of hydrogen-bond acceptors (Lipinski definition) is 6. The number of ether oxygens (including phenoxy) is 1. The molecule has 0 amide bonds. The first-order valence-electron chi connectivity index (χ1n) is 7.46. The molecule has 1 aromatic heterocycles. The van der Waals surface area contributed by atoms with E-state index in [1.165, 1.54) is 11.3 Å². The summed E-state index contributed by atoms with van der Waals surface area (Å²) in [5.41, 5.74) is 0. The summed E-state index contributed by atoms with van der Waals surface area (Å²) in [6.07, 6.45) is 1.13. The lowest BCUT2D eigenvalue weighted by molar-refractivity contribution is 0.141. The summed E-state index contributed by atoms with van der Waals surface area (Å²) in [7, 11) is 0. The SMILES string of the molecule is CCCNCc1nnc(OCCN(C(C)C)C(C)C)s1. The van der Waals surface area contributed by atoms with Crippen LogP contribution in [0.25, 0.3) is 0 Å². The van der Waals surface area contributed by atoms with Gasteiger partial charge in [0.1, 0.15) is 11.6 Å². The van der Waals surface area contributed by atoms with Gasteiger partial charge in [-0.2, -0.15) is 0 Å². The van der Waals surface area contributed by atoms with E-state index in [1.807, 2.05) is 0 Å². The van der Waals surface area contributed by atoms with Crippen molar-refractivity contribution in [2.45, 2.75) is 59.7 Å². The minimum Gasteiger partial charge on any atom is -0.468 e. The molecule has 20 heavy (non-hydrogen) atoms. The fourth-order valence-corrected chi connectivity index (χ4v) is 2.77. The van der Waals surface area contributed by atoms with E-state index in [0.717, 1.165) is 31.1 Å². The fourth-order valence-electron chi connectivity index (χ4n) is 2.09. The number of nitrogens with one attached hydrogen (secondary N) is 1. The summed E-state index contributed by atoms with van der Waals surface area (Å²) < 4.78 is 5.70. The highest BCUT2D eigenvalue weighted by Crippen LogP contribution is 2.17. The van der Waals surface area contributed by atoms with Gasteiger partial charge in [0.05, 0.1) is 0 Å². The van der Waals surface area contributed by atoms with Crippen LogP contribution in [0, 0.1) is 0 Å². The predicted molar refractivity (Wildman–Crippen MR) is 84.4 cm³/mol. The zero-order valence-corrected chi connectivity index (χ0v) is 14.2. The monoisotopic (exact) mass is 300 g/mol. The third-order valence-electron chi connectivity index (χ3n) is 3.05. The summed E-state index contributed by atoms with van der Waals surface area (Å²) in [5.74, 6) is 0. The van der Waals surface area contributed by atoms with Crippen molar-refractivity contribution in [3.05, 3.63) is 5.01 Å². The molecule has 0 aliphatic heterocycles. The van der Waals surface area contributed by atoms with Crippen molar-refractivity contribution in [3.8, 4) is 5.19 Å². The summed E-state index contributed by atoms with van der Waals surface area (Å²) >= 11 is 1.53. The van der Waals surface area contributed by atoms with Gasteiger partial charge in [0.25, 0.3) is 5.19 Å². The molecule has 1 N–H and O–H groups in total. The fraction of sp³-hybridized carbons (Fsp3) is 0.857. The van der Waals surface area contributed by atoms with Gasteiger partial charge in [0, 0.05) is 25.2 Å². The molecule has 0 spiro atoms. The van der Waals surface area contributed by atoms with Gasteiger partial charge in [-0.3, -0.25) is 4.90 Å². The van der Waals surface area contributed by atoms with Crippen LogP contribution in [0.3, 0.4) is 0 Å². The normalized spacial score (nSPS) is 11.8. The van der Waals surface area contributed by atoms with Crippen molar-refractivity contribution in [1.82, 2.24) is 20.4 Å². The summed E-state index contributed by atoms with van der Waals surface area (Å²) in [6, 6.07) is 1.06. The number of nitrogens with zero attached hydrogens (tertiary/aromatic N) is 3. The average Bonchev–Trinajstić information content (AvgIpc) is 2.82. The highest BCUT2D eigenvalue weighted by Gasteiger charge is 2.13. The Morgan fingerprint density at radius 1 is 1.20 bits per heavy atom. The molecule has 0 aliphatic carbocycles. The van der Waals surface area contributed by atoms with E-state index in [-0.39, 0.29) is 0 Å². The maximum Gasteiger partial charge on any atom is 0.294 e. The second-order valence-corrected chi connectivity index (χ2v) is 6.44.